The van der Waals surface area contributed by atoms with Gasteiger partial charge in [-0.15, -0.1) is 0 Å². The normalized spacial score (nSPS) is 13.2. The summed E-state index contributed by atoms with van der Waals surface area (Å²) in [4.78, 5) is 10.6. The molecule has 0 fully saturated rings. The lowest BCUT2D eigenvalue weighted by Gasteiger charge is -2.21. The van der Waals surface area contributed by atoms with Gasteiger partial charge in [-0.2, -0.15) is 0 Å². The summed E-state index contributed by atoms with van der Waals surface area (Å²) in [5.74, 6) is 0.663. The van der Waals surface area contributed by atoms with Crippen LogP contribution in [0.2, 0.25) is 0 Å². The number of fused-ring (bicyclic) bond motifs is 7. The van der Waals surface area contributed by atoms with E-state index in [1.54, 1.807) is 0 Å². The molecule has 0 radical (unpaired) electrons. The van der Waals surface area contributed by atoms with Crippen molar-refractivity contribution in [2.24, 2.45) is 0 Å². The quantitative estimate of drug-likeness (QED) is 0.204. The fraction of sp³-hybridized carbons (Fsp3) is 0.0698. The molecule has 0 N–H and O–H groups in total. The predicted molar refractivity (Wildman–Crippen MR) is 190 cm³/mol. The van der Waals surface area contributed by atoms with Crippen LogP contribution in [0.4, 0.5) is 0 Å². The van der Waals surface area contributed by atoms with Gasteiger partial charge in [-0.25, -0.2) is 9.97 Å². The first kappa shape index (κ1) is 26.6. The highest BCUT2D eigenvalue weighted by molar-refractivity contribution is 6.18. The smallest absolute Gasteiger partial charge is 0.235 e. The highest BCUT2D eigenvalue weighted by atomic mass is 15.2. The molecule has 0 amide bonds. The summed E-state index contributed by atoms with van der Waals surface area (Å²) >= 11 is 0. The summed E-state index contributed by atoms with van der Waals surface area (Å²) < 4.78 is 2.28. The second kappa shape index (κ2) is 10.1. The summed E-state index contributed by atoms with van der Waals surface area (Å²) in [6.45, 7) is 4.68. The topological polar surface area (TPSA) is 30.7 Å². The van der Waals surface area contributed by atoms with E-state index in [0.717, 1.165) is 39.1 Å². The molecule has 46 heavy (non-hydrogen) atoms. The molecule has 6 aromatic carbocycles. The van der Waals surface area contributed by atoms with E-state index in [-0.39, 0.29) is 5.41 Å². The minimum atomic E-state index is -0.0945. The monoisotopic (exact) mass is 589 g/mol. The van der Waals surface area contributed by atoms with Crippen LogP contribution in [0.1, 0.15) is 25.0 Å². The summed E-state index contributed by atoms with van der Waals surface area (Å²) in [5, 5.41) is 2.45. The first-order valence-electron chi connectivity index (χ1n) is 15.9. The van der Waals surface area contributed by atoms with Gasteiger partial charge in [0.1, 0.15) is 0 Å². The molecule has 3 nitrogen and oxygen atoms in total. The lowest BCUT2D eigenvalue weighted by atomic mass is 9.82. The van der Waals surface area contributed by atoms with Crippen LogP contribution in [0.15, 0.2) is 152 Å². The third-order valence-corrected chi connectivity index (χ3v) is 9.64. The van der Waals surface area contributed by atoms with Gasteiger partial charge in [-0.1, -0.05) is 147 Å². The number of hydrogen-bond acceptors (Lipinski definition) is 2. The van der Waals surface area contributed by atoms with Crippen molar-refractivity contribution in [3.8, 4) is 50.7 Å². The average Bonchev–Trinajstić information content (AvgIpc) is 3.57. The lowest BCUT2D eigenvalue weighted by Crippen LogP contribution is -2.14. The number of aromatic nitrogens is 3. The van der Waals surface area contributed by atoms with Crippen molar-refractivity contribution in [3.05, 3.63) is 163 Å². The highest BCUT2D eigenvalue weighted by Gasteiger charge is 2.37. The zero-order valence-corrected chi connectivity index (χ0v) is 25.8. The van der Waals surface area contributed by atoms with Crippen LogP contribution in [0, 0.1) is 0 Å². The molecule has 2 heterocycles. The Bertz CT molecular complexity index is 2360. The van der Waals surface area contributed by atoms with Crippen molar-refractivity contribution in [1.29, 1.82) is 0 Å². The molecule has 218 valence electrons. The third-order valence-electron chi connectivity index (χ3n) is 9.64. The number of rotatable bonds is 4. The molecule has 1 aliphatic carbocycles. The summed E-state index contributed by atoms with van der Waals surface area (Å²) in [7, 11) is 0. The molecule has 0 saturated heterocycles. The van der Waals surface area contributed by atoms with Crippen LogP contribution < -0.4 is 0 Å². The zero-order valence-electron chi connectivity index (χ0n) is 25.8. The summed E-state index contributed by atoms with van der Waals surface area (Å²) in [6.07, 6.45) is 0. The number of hydrogen-bond donors (Lipinski definition) is 0. The van der Waals surface area contributed by atoms with Gasteiger partial charge in [0.25, 0.3) is 0 Å². The molecule has 1 aliphatic rings. The Morgan fingerprint density at radius 2 is 1.07 bits per heavy atom. The predicted octanol–water partition coefficient (Wildman–Crippen LogP) is 10.9. The second-order valence-electron chi connectivity index (χ2n) is 12.7. The van der Waals surface area contributed by atoms with E-state index < -0.39 is 0 Å². The summed E-state index contributed by atoms with van der Waals surface area (Å²) in [5.41, 5.74) is 13.7. The first-order chi connectivity index (χ1) is 22.6. The van der Waals surface area contributed by atoms with E-state index in [1.807, 2.05) is 12.1 Å². The first-order valence-corrected chi connectivity index (χ1v) is 15.9. The van der Waals surface area contributed by atoms with E-state index >= 15 is 0 Å². The molecule has 0 aliphatic heterocycles. The van der Waals surface area contributed by atoms with Crippen molar-refractivity contribution in [2.75, 3.05) is 0 Å². The van der Waals surface area contributed by atoms with Crippen LogP contribution in [-0.4, -0.2) is 14.5 Å². The maximum atomic E-state index is 5.29. The Balaban J connectivity index is 1.41. The summed E-state index contributed by atoms with van der Waals surface area (Å²) in [6, 6.07) is 53.9. The molecule has 0 spiro atoms. The Hall–Kier alpha value is -5.80. The fourth-order valence-electron chi connectivity index (χ4n) is 7.37. The van der Waals surface area contributed by atoms with Crippen molar-refractivity contribution < 1.29 is 0 Å². The van der Waals surface area contributed by atoms with Gasteiger partial charge < -0.3 is 0 Å². The van der Waals surface area contributed by atoms with E-state index in [1.165, 1.54) is 38.6 Å². The Morgan fingerprint density at radius 1 is 0.478 bits per heavy atom. The molecule has 0 bridgehead atoms. The van der Waals surface area contributed by atoms with Crippen LogP contribution >= 0.6 is 0 Å². The van der Waals surface area contributed by atoms with Gasteiger partial charge in [0.2, 0.25) is 5.95 Å². The van der Waals surface area contributed by atoms with Crippen molar-refractivity contribution in [2.45, 2.75) is 19.3 Å². The number of nitrogens with zero attached hydrogens (tertiary/aromatic N) is 3. The molecule has 0 atom stereocenters. The Morgan fingerprint density at radius 3 is 1.72 bits per heavy atom. The fourth-order valence-corrected chi connectivity index (χ4v) is 7.37. The van der Waals surface area contributed by atoms with Gasteiger partial charge in [-0.3, -0.25) is 4.57 Å². The minimum absolute atomic E-state index is 0.0945. The van der Waals surface area contributed by atoms with E-state index in [4.69, 9.17) is 9.97 Å². The Labute approximate surface area is 268 Å². The van der Waals surface area contributed by atoms with Gasteiger partial charge in [0.05, 0.1) is 22.4 Å². The standard InChI is InChI=1S/C43H31N3/c1-43(2)34-21-13-12-20-32(34)40-35(43)24-25-38-41(40)33-23-22-31(28-14-6-3-7-15-28)26-39(33)46(38)42-44-36(29-16-8-4-9-17-29)27-37(45-42)30-18-10-5-11-19-30/h3-27H,1-2H3. The zero-order chi connectivity index (χ0) is 30.8. The largest absolute Gasteiger partial charge is 0.278 e. The second-order valence-corrected chi connectivity index (χ2v) is 12.7. The van der Waals surface area contributed by atoms with Gasteiger partial charge in [0, 0.05) is 27.3 Å². The van der Waals surface area contributed by atoms with Crippen LogP contribution in [0.3, 0.4) is 0 Å². The molecule has 0 unspecified atom stereocenters. The molecule has 2 aromatic heterocycles. The maximum absolute atomic E-state index is 5.29. The maximum Gasteiger partial charge on any atom is 0.235 e. The molecular weight excluding hydrogens is 558 g/mol. The van der Waals surface area contributed by atoms with Crippen molar-refractivity contribution in [1.82, 2.24) is 14.5 Å². The van der Waals surface area contributed by atoms with Gasteiger partial charge in [0.15, 0.2) is 0 Å². The van der Waals surface area contributed by atoms with Gasteiger partial charge in [-0.05, 0) is 51.6 Å². The Kier molecular flexibility index (Phi) is 5.85. The average molecular weight is 590 g/mol. The molecule has 8 aromatic rings. The van der Waals surface area contributed by atoms with Crippen LogP contribution in [0.5, 0.6) is 0 Å². The molecule has 0 saturated carbocycles. The minimum Gasteiger partial charge on any atom is -0.278 e. The van der Waals surface area contributed by atoms with Crippen LogP contribution in [0.25, 0.3) is 72.5 Å². The molecule has 9 rings (SSSR count). The SMILES string of the molecule is CC1(C)c2ccccc2-c2c1ccc1c2c2ccc(-c3ccccc3)cc2n1-c1nc(-c2ccccc2)cc(-c2ccccc2)n1. The van der Waals surface area contributed by atoms with Gasteiger partial charge >= 0.3 is 0 Å². The highest BCUT2D eigenvalue weighted by Crippen LogP contribution is 2.53. The van der Waals surface area contributed by atoms with E-state index in [0.29, 0.717) is 5.95 Å². The third kappa shape index (κ3) is 3.98. The molecular formula is C43H31N3. The lowest BCUT2D eigenvalue weighted by molar-refractivity contribution is 0.661. The van der Waals surface area contributed by atoms with Crippen molar-refractivity contribution >= 4 is 21.8 Å². The van der Waals surface area contributed by atoms with Crippen molar-refractivity contribution in [3.63, 3.8) is 0 Å². The van der Waals surface area contributed by atoms with E-state index in [9.17, 15) is 0 Å². The van der Waals surface area contributed by atoms with Crippen LogP contribution in [-0.2, 0) is 5.41 Å². The molecule has 3 heteroatoms. The number of benzene rings is 6. The van der Waals surface area contributed by atoms with E-state index in [2.05, 4.69) is 158 Å².